The number of Topliss-reactive ketones (excluding diaryl/α,β-unsaturated/α-hetero) is 2. The summed E-state index contributed by atoms with van der Waals surface area (Å²) in [6.45, 7) is 7.59. The van der Waals surface area contributed by atoms with E-state index >= 15 is 0 Å². The van der Waals surface area contributed by atoms with Gasteiger partial charge in [0, 0.05) is 0 Å². The summed E-state index contributed by atoms with van der Waals surface area (Å²) in [4.78, 5) is 51.0. The van der Waals surface area contributed by atoms with Crippen molar-refractivity contribution in [1.82, 2.24) is 0 Å². The van der Waals surface area contributed by atoms with E-state index < -0.39 is 35.5 Å². The molecule has 2 unspecified atom stereocenters. The Morgan fingerprint density at radius 1 is 0.611 bits per heavy atom. The van der Waals surface area contributed by atoms with E-state index in [0.717, 1.165) is 25.7 Å². The Labute approximate surface area is 324 Å². The van der Waals surface area contributed by atoms with Crippen LogP contribution in [0.4, 0.5) is 22.7 Å². The minimum atomic E-state index is -1.42. The molecule has 0 aliphatic rings. The second-order valence-corrected chi connectivity index (χ2v) is 13.0. The normalized spacial score (nSPS) is 12.3. The lowest BCUT2D eigenvalue weighted by Gasteiger charge is -2.14. The van der Waals surface area contributed by atoms with E-state index in [1.165, 1.54) is 13.8 Å². The van der Waals surface area contributed by atoms with Crippen molar-refractivity contribution in [3.63, 3.8) is 0 Å². The van der Waals surface area contributed by atoms with E-state index in [9.17, 15) is 19.2 Å². The maximum atomic E-state index is 13.1. The summed E-state index contributed by atoms with van der Waals surface area (Å²) in [6.07, 6.45) is 3.62. The Hall–Kier alpha value is -5.46. The van der Waals surface area contributed by atoms with Gasteiger partial charge in [-0.1, -0.05) is 86.3 Å². The average molecular weight is 774 g/mol. The summed E-state index contributed by atoms with van der Waals surface area (Å²) in [6, 6.07) is 21.0. The van der Waals surface area contributed by atoms with E-state index in [2.05, 4.69) is 31.1 Å². The van der Waals surface area contributed by atoms with Crippen LogP contribution < -0.4 is 20.1 Å². The number of halogens is 2. The van der Waals surface area contributed by atoms with Crippen molar-refractivity contribution in [2.75, 3.05) is 23.8 Å². The number of unbranched alkanes of at least 4 members (excludes halogenated alkanes) is 2. The third-order valence-corrected chi connectivity index (χ3v) is 8.46. The highest BCUT2D eigenvalue weighted by Gasteiger charge is 2.25. The molecular formula is C40H42Cl2N6O6. The zero-order valence-corrected chi connectivity index (χ0v) is 32.0. The molecule has 4 rings (SSSR count). The summed E-state index contributed by atoms with van der Waals surface area (Å²) in [5.74, 6) is -1.36. The molecule has 0 aromatic heterocycles. The molecule has 54 heavy (non-hydrogen) atoms. The van der Waals surface area contributed by atoms with Gasteiger partial charge in [-0.2, -0.15) is 20.5 Å². The number of anilines is 2. The first-order chi connectivity index (χ1) is 26.0. The van der Waals surface area contributed by atoms with Gasteiger partial charge < -0.3 is 20.1 Å². The molecule has 0 saturated carbocycles. The highest BCUT2D eigenvalue weighted by atomic mass is 35.5. The fourth-order valence-electron chi connectivity index (χ4n) is 4.86. The van der Waals surface area contributed by atoms with Crippen LogP contribution in [0.25, 0.3) is 11.1 Å². The summed E-state index contributed by atoms with van der Waals surface area (Å²) < 4.78 is 11.6. The van der Waals surface area contributed by atoms with Gasteiger partial charge in [0.25, 0.3) is 11.8 Å². The minimum Gasteiger partial charge on any atom is -0.491 e. The van der Waals surface area contributed by atoms with E-state index in [1.807, 2.05) is 13.8 Å². The van der Waals surface area contributed by atoms with E-state index in [4.69, 9.17) is 32.7 Å². The van der Waals surface area contributed by atoms with Crippen molar-refractivity contribution in [3.8, 4) is 22.6 Å². The molecule has 0 heterocycles. The Kier molecular flexibility index (Phi) is 15.8. The molecule has 12 nitrogen and oxygen atoms in total. The van der Waals surface area contributed by atoms with Crippen LogP contribution in [0, 0.1) is 0 Å². The van der Waals surface area contributed by atoms with Gasteiger partial charge in [-0.15, -0.1) is 0 Å². The number of hydrogen-bond acceptors (Lipinski definition) is 10. The molecule has 0 spiro atoms. The van der Waals surface area contributed by atoms with Gasteiger partial charge in [0.2, 0.25) is 12.1 Å². The van der Waals surface area contributed by atoms with Crippen LogP contribution in [0.5, 0.6) is 11.5 Å². The summed E-state index contributed by atoms with van der Waals surface area (Å²) in [5, 5.41) is 22.1. The number of nitrogens with zero attached hydrogens (tertiary/aromatic N) is 4. The molecule has 2 amide bonds. The van der Waals surface area contributed by atoms with Crippen LogP contribution >= 0.6 is 23.2 Å². The van der Waals surface area contributed by atoms with Crippen molar-refractivity contribution in [1.29, 1.82) is 0 Å². The van der Waals surface area contributed by atoms with Gasteiger partial charge in [-0.3, -0.25) is 19.2 Å². The van der Waals surface area contributed by atoms with E-state index in [0.29, 0.717) is 47.2 Å². The van der Waals surface area contributed by atoms with E-state index in [-0.39, 0.29) is 21.4 Å². The first-order valence-electron chi connectivity index (χ1n) is 17.5. The van der Waals surface area contributed by atoms with Crippen LogP contribution in [-0.2, 0) is 19.2 Å². The highest BCUT2D eigenvalue weighted by Crippen LogP contribution is 2.35. The second-order valence-electron chi connectivity index (χ2n) is 12.2. The number of amides is 2. The zero-order valence-electron chi connectivity index (χ0n) is 30.5. The van der Waals surface area contributed by atoms with Crippen LogP contribution in [0.15, 0.2) is 105 Å². The molecule has 2 atom stereocenters. The van der Waals surface area contributed by atoms with Crippen LogP contribution in [0.3, 0.4) is 0 Å². The molecule has 282 valence electrons. The van der Waals surface area contributed by atoms with Crippen molar-refractivity contribution in [2.24, 2.45) is 20.5 Å². The number of ether oxygens (including phenoxy) is 2. The van der Waals surface area contributed by atoms with Crippen molar-refractivity contribution < 1.29 is 28.7 Å². The van der Waals surface area contributed by atoms with Gasteiger partial charge in [0.15, 0.2) is 11.6 Å². The Morgan fingerprint density at radius 3 is 1.35 bits per heavy atom. The first kappa shape index (κ1) is 41.3. The third kappa shape index (κ3) is 11.8. The van der Waals surface area contributed by atoms with Gasteiger partial charge in [0.05, 0.1) is 34.6 Å². The molecule has 4 aromatic rings. The molecule has 14 heteroatoms. The first-order valence-corrected chi connectivity index (χ1v) is 18.2. The maximum Gasteiger partial charge on any atom is 0.258 e. The highest BCUT2D eigenvalue weighted by molar-refractivity contribution is 6.34. The fourth-order valence-corrected chi connectivity index (χ4v) is 5.30. The molecule has 0 aliphatic heterocycles. The van der Waals surface area contributed by atoms with E-state index in [1.54, 1.807) is 84.9 Å². The molecule has 4 aromatic carbocycles. The summed E-state index contributed by atoms with van der Waals surface area (Å²) in [7, 11) is 0. The third-order valence-electron chi connectivity index (χ3n) is 7.86. The number of benzene rings is 4. The van der Waals surface area contributed by atoms with Gasteiger partial charge >= 0.3 is 0 Å². The lowest BCUT2D eigenvalue weighted by molar-refractivity contribution is -0.127. The number of para-hydroxylation sites is 4. The Bertz CT molecular complexity index is 1880. The second kappa shape index (κ2) is 20.7. The number of ketones is 2. The number of nitrogens with one attached hydrogen (secondary N) is 2. The number of carbonyl (C=O) groups is 4. The lowest BCUT2D eigenvalue weighted by Crippen LogP contribution is -2.32. The van der Waals surface area contributed by atoms with Crippen LogP contribution in [0.1, 0.15) is 53.4 Å². The summed E-state index contributed by atoms with van der Waals surface area (Å²) in [5.41, 5.74) is 2.66. The number of carbonyl (C=O) groups excluding carboxylic acids is 4. The maximum absolute atomic E-state index is 13.1. The number of hydrogen-bond donors (Lipinski definition) is 2. The predicted octanol–water partition coefficient (Wildman–Crippen LogP) is 10.4. The number of rotatable bonds is 19. The fraction of sp³-hybridized carbons (Fsp3) is 0.300. The smallest absolute Gasteiger partial charge is 0.258 e. The minimum absolute atomic E-state index is 0.209. The molecule has 0 aliphatic carbocycles. The quantitative estimate of drug-likeness (QED) is 0.0548. The molecular weight excluding hydrogens is 731 g/mol. The van der Waals surface area contributed by atoms with Crippen molar-refractivity contribution in [3.05, 3.63) is 95.0 Å². The van der Waals surface area contributed by atoms with Gasteiger partial charge in [-0.25, -0.2) is 0 Å². The molecule has 2 N–H and O–H groups in total. The number of azo groups is 2. The Morgan fingerprint density at radius 2 is 1.00 bits per heavy atom. The Balaban J connectivity index is 1.44. The lowest BCUT2D eigenvalue weighted by atomic mass is 10.0. The SMILES string of the molecule is CCCCOc1ccccc1NC(=O)C(N=Nc1ccc(-c2ccc(N=NC(C(C)=O)C(=O)Nc3ccccc3OCCCC)c(Cl)c2)cc1Cl)C(C)=O. The van der Waals surface area contributed by atoms with Crippen LogP contribution in [-0.4, -0.2) is 48.7 Å². The predicted molar refractivity (Wildman–Crippen MR) is 211 cm³/mol. The monoisotopic (exact) mass is 772 g/mol. The standard InChI is InChI=1S/C40H42Cl2N6O6/c1-5-7-21-53-35-15-11-9-13-33(35)43-39(51)37(25(3)49)47-45-31-19-17-27(23-29(31)41)28-18-20-32(30(42)24-28)46-48-38(26(4)50)40(52)44-34-14-10-12-16-36(34)54-22-8-6-2/h9-20,23-24,37-38H,5-8,21-22H2,1-4H3,(H,43,51)(H,44,52). The summed E-state index contributed by atoms with van der Waals surface area (Å²) >= 11 is 13.1. The van der Waals surface area contributed by atoms with Crippen LogP contribution in [0.2, 0.25) is 10.0 Å². The topological polar surface area (TPSA) is 160 Å². The van der Waals surface area contributed by atoms with Crippen molar-refractivity contribution >= 4 is 69.3 Å². The average Bonchev–Trinajstić information content (AvgIpc) is 3.14. The molecule has 0 radical (unpaired) electrons. The van der Waals surface area contributed by atoms with Gasteiger partial charge in [-0.05, 0) is 86.3 Å². The molecule has 0 saturated heterocycles. The zero-order chi connectivity index (χ0) is 39.0. The molecule has 0 fully saturated rings. The van der Waals surface area contributed by atoms with Gasteiger partial charge in [0.1, 0.15) is 22.9 Å². The largest absolute Gasteiger partial charge is 0.491 e. The van der Waals surface area contributed by atoms with Crippen molar-refractivity contribution in [2.45, 2.75) is 65.5 Å². The molecule has 0 bridgehead atoms.